The minimum atomic E-state index is -4.24. The lowest BCUT2D eigenvalue weighted by Crippen LogP contribution is -2.30. The monoisotopic (exact) mass is 406 g/mol. The second-order valence-electron chi connectivity index (χ2n) is 5.42. The van der Waals surface area contributed by atoms with Gasteiger partial charge in [-0.3, -0.25) is 8.37 Å². The van der Waals surface area contributed by atoms with E-state index < -0.39 is 44.1 Å². The molecule has 0 aliphatic heterocycles. The van der Waals surface area contributed by atoms with Crippen LogP contribution in [-0.4, -0.2) is 29.0 Å². The van der Waals surface area contributed by atoms with Crippen molar-refractivity contribution < 1.29 is 34.0 Å². The van der Waals surface area contributed by atoms with Gasteiger partial charge in [-0.05, 0) is 62.4 Å². The molecule has 0 radical (unpaired) electrons. The first-order valence-corrected chi connectivity index (χ1v) is 10.2. The van der Waals surface area contributed by atoms with Crippen LogP contribution in [0.25, 0.3) is 0 Å². The Balaban J connectivity index is 2.10. The predicted molar refractivity (Wildman–Crippen MR) is 88.3 cm³/mol. The summed E-state index contributed by atoms with van der Waals surface area (Å²) in [5, 5.41) is 0. The van der Waals surface area contributed by atoms with Gasteiger partial charge in [-0.1, -0.05) is 0 Å². The molecule has 10 heteroatoms. The lowest BCUT2D eigenvalue weighted by atomic mass is 10.3. The highest BCUT2D eigenvalue weighted by Gasteiger charge is 2.28. The largest absolute Gasteiger partial charge is 0.297 e. The van der Waals surface area contributed by atoms with E-state index in [2.05, 4.69) is 0 Å². The maximum Gasteiger partial charge on any atom is 0.297 e. The van der Waals surface area contributed by atoms with Crippen molar-refractivity contribution in [3.05, 3.63) is 60.2 Å². The predicted octanol–water partition coefficient (Wildman–Crippen LogP) is 2.85. The molecule has 0 fully saturated rings. The molecular formula is C16H16F2O6S2. The number of hydrogen-bond donors (Lipinski definition) is 0. The molecule has 0 bridgehead atoms. The zero-order valence-corrected chi connectivity index (χ0v) is 15.4. The Morgan fingerprint density at radius 3 is 1.19 bits per heavy atom. The van der Waals surface area contributed by atoms with Crippen LogP contribution in [0.1, 0.15) is 13.8 Å². The van der Waals surface area contributed by atoms with E-state index in [0.717, 1.165) is 48.5 Å². The van der Waals surface area contributed by atoms with Crippen molar-refractivity contribution in [2.24, 2.45) is 0 Å². The van der Waals surface area contributed by atoms with Crippen molar-refractivity contribution in [1.29, 1.82) is 0 Å². The standard InChI is InChI=1S/C16H16F2O6S2/c1-11(23-25(19,20)15-7-3-13(17)4-8-15)12(2)24-26(21,22)16-9-5-14(18)6-10-16/h3-12H,1-2H3. The highest BCUT2D eigenvalue weighted by Crippen LogP contribution is 2.20. The first-order valence-electron chi connectivity index (χ1n) is 7.39. The zero-order valence-electron chi connectivity index (χ0n) is 13.8. The van der Waals surface area contributed by atoms with Gasteiger partial charge in [0.05, 0.1) is 9.79 Å². The molecule has 2 unspecified atom stereocenters. The number of halogens is 2. The molecule has 0 spiro atoms. The Kier molecular flexibility index (Phi) is 6.12. The summed E-state index contributed by atoms with van der Waals surface area (Å²) in [5.41, 5.74) is 0. The van der Waals surface area contributed by atoms with Crippen LogP contribution in [0.2, 0.25) is 0 Å². The topological polar surface area (TPSA) is 86.7 Å². The van der Waals surface area contributed by atoms with Crippen LogP contribution >= 0.6 is 0 Å². The Morgan fingerprint density at radius 2 is 0.923 bits per heavy atom. The van der Waals surface area contributed by atoms with E-state index in [9.17, 15) is 25.6 Å². The molecule has 0 aliphatic carbocycles. The summed E-state index contributed by atoms with van der Waals surface area (Å²) in [7, 11) is -8.48. The number of benzene rings is 2. The molecule has 0 saturated carbocycles. The molecule has 2 aromatic carbocycles. The lowest BCUT2D eigenvalue weighted by Gasteiger charge is -2.20. The molecule has 0 N–H and O–H groups in total. The van der Waals surface area contributed by atoms with E-state index in [4.69, 9.17) is 8.37 Å². The lowest BCUT2D eigenvalue weighted by molar-refractivity contribution is 0.0870. The maximum atomic E-state index is 12.9. The van der Waals surface area contributed by atoms with Crippen molar-refractivity contribution in [2.45, 2.75) is 35.8 Å². The second kappa shape index (κ2) is 7.78. The molecule has 0 heterocycles. The minimum Gasteiger partial charge on any atom is -0.261 e. The van der Waals surface area contributed by atoms with Gasteiger partial charge in [-0.2, -0.15) is 16.8 Å². The van der Waals surface area contributed by atoms with Crippen LogP contribution < -0.4 is 0 Å². The molecule has 6 nitrogen and oxygen atoms in total. The fraction of sp³-hybridized carbons (Fsp3) is 0.250. The van der Waals surface area contributed by atoms with Crippen LogP contribution in [0.4, 0.5) is 8.78 Å². The normalized spacial score (nSPS) is 14.8. The average Bonchev–Trinajstić information content (AvgIpc) is 2.54. The molecule has 0 saturated heterocycles. The van der Waals surface area contributed by atoms with Crippen molar-refractivity contribution in [3.8, 4) is 0 Å². The summed E-state index contributed by atoms with van der Waals surface area (Å²) in [5.74, 6) is -1.22. The van der Waals surface area contributed by atoms with E-state index in [1.165, 1.54) is 13.8 Å². The van der Waals surface area contributed by atoms with Gasteiger partial charge < -0.3 is 0 Å². The SMILES string of the molecule is CC(OS(=O)(=O)c1ccc(F)cc1)C(C)OS(=O)(=O)c1ccc(F)cc1. The molecular weight excluding hydrogens is 390 g/mol. The van der Waals surface area contributed by atoms with Crippen LogP contribution in [0.15, 0.2) is 58.3 Å². The van der Waals surface area contributed by atoms with Crippen LogP contribution in [0.3, 0.4) is 0 Å². The van der Waals surface area contributed by atoms with Gasteiger partial charge in [0.25, 0.3) is 20.2 Å². The van der Waals surface area contributed by atoms with E-state index in [0.29, 0.717) is 0 Å². The summed E-state index contributed by atoms with van der Waals surface area (Å²) in [6.45, 7) is 2.62. The van der Waals surface area contributed by atoms with Crippen molar-refractivity contribution in [2.75, 3.05) is 0 Å². The fourth-order valence-electron chi connectivity index (χ4n) is 1.87. The Morgan fingerprint density at radius 1 is 0.654 bits per heavy atom. The van der Waals surface area contributed by atoms with Gasteiger partial charge in [0.15, 0.2) is 0 Å². The van der Waals surface area contributed by atoms with Gasteiger partial charge in [0.1, 0.15) is 23.8 Å². The molecule has 0 aliphatic rings. The summed E-state index contributed by atoms with van der Waals surface area (Å²) in [4.78, 5) is -0.557. The second-order valence-corrected chi connectivity index (χ2v) is 8.56. The average molecular weight is 406 g/mol. The van der Waals surface area contributed by atoms with E-state index in [-0.39, 0.29) is 9.79 Å². The summed E-state index contributed by atoms with van der Waals surface area (Å²) < 4.78 is 84.2. The van der Waals surface area contributed by atoms with Crippen molar-refractivity contribution in [1.82, 2.24) is 0 Å². The molecule has 2 rings (SSSR count). The van der Waals surface area contributed by atoms with Crippen LogP contribution in [0.5, 0.6) is 0 Å². The van der Waals surface area contributed by atoms with Gasteiger partial charge in [0.2, 0.25) is 0 Å². The molecule has 0 amide bonds. The van der Waals surface area contributed by atoms with E-state index in [1.54, 1.807) is 0 Å². The smallest absolute Gasteiger partial charge is 0.261 e. The molecule has 0 aromatic heterocycles. The van der Waals surface area contributed by atoms with Gasteiger partial charge in [-0.25, -0.2) is 8.78 Å². The first-order chi connectivity index (χ1) is 12.0. The Bertz CT molecular complexity index is 873. The number of rotatable bonds is 7. The third-order valence-electron chi connectivity index (χ3n) is 3.42. The fourth-order valence-corrected chi connectivity index (χ4v) is 4.14. The molecule has 2 atom stereocenters. The molecule has 26 heavy (non-hydrogen) atoms. The zero-order chi connectivity index (χ0) is 19.5. The highest BCUT2D eigenvalue weighted by atomic mass is 32.2. The Labute approximate surface area is 150 Å². The van der Waals surface area contributed by atoms with Gasteiger partial charge >= 0.3 is 0 Å². The van der Waals surface area contributed by atoms with Crippen LogP contribution in [0, 0.1) is 11.6 Å². The van der Waals surface area contributed by atoms with Crippen molar-refractivity contribution >= 4 is 20.2 Å². The summed E-state index contributed by atoms with van der Waals surface area (Å²) >= 11 is 0. The van der Waals surface area contributed by atoms with Crippen molar-refractivity contribution in [3.63, 3.8) is 0 Å². The Hall–Kier alpha value is -1.88. The molecule has 142 valence electrons. The number of hydrogen-bond acceptors (Lipinski definition) is 6. The molecule has 2 aromatic rings. The summed E-state index contributed by atoms with van der Waals surface area (Å²) in [6, 6.07) is 7.94. The highest BCUT2D eigenvalue weighted by molar-refractivity contribution is 7.87. The first kappa shape index (κ1) is 20.4. The third-order valence-corrected chi connectivity index (χ3v) is 6.24. The van der Waals surface area contributed by atoms with E-state index in [1.807, 2.05) is 0 Å². The quantitative estimate of drug-likeness (QED) is 0.657. The van der Waals surface area contributed by atoms with Gasteiger partial charge in [0, 0.05) is 0 Å². The summed E-state index contributed by atoms with van der Waals surface area (Å²) in [6.07, 6.45) is -2.33. The third kappa shape index (κ3) is 5.07. The van der Waals surface area contributed by atoms with Crippen LogP contribution in [-0.2, 0) is 28.6 Å². The maximum absolute atomic E-state index is 12.9. The van der Waals surface area contributed by atoms with E-state index >= 15 is 0 Å². The van der Waals surface area contributed by atoms with Gasteiger partial charge in [-0.15, -0.1) is 0 Å². The minimum absolute atomic E-state index is 0.278.